The fraction of sp³-hybridized carbons (Fsp3) is 0.150. The molecule has 4 rings (SSSR count). The number of pyridine rings is 1. The lowest BCUT2D eigenvalue weighted by Crippen LogP contribution is -2.30. The molecule has 0 atom stereocenters. The molecule has 0 saturated carbocycles. The van der Waals surface area contributed by atoms with Crippen molar-refractivity contribution in [1.29, 1.82) is 0 Å². The number of nitrogens with one attached hydrogen (secondary N) is 2. The summed E-state index contributed by atoms with van der Waals surface area (Å²) in [6, 6.07) is 15.3. The molecule has 2 N–H and O–H groups in total. The molecule has 3 aromatic heterocycles. The van der Waals surface area contributed by atoms with E-state index >= 15 is 0 Å². The Morgan fingerprint density at radius 2 is 2.04 bits per heavy atom. The first kappa shape index (κ1) is 16.8. The Morgan fingerprint density at radius 1 is 1.07 bits per heavy atom. The van der Waals surface area contributed by atoms with Crippen molar-refractivity contribution in [2.75, 3.05) is 11.9 Å². The zero-order chi connectivity index (χ0) is 18.5. The zero-order valence-electron chi connectivity index (χ0n) is 14.7. The minimum atomic E-state index is -0.227. The Labute approximate surface area is 156 Å². The minimum Gasteiger partial charge on any atom is -0.337 e. The van der Waals surface area contributed by atoms with E-state index in [0.717, 1.165) is 22.6 Å². The van der Waals surface area contributed by atoms with Crippen LogP contribution in [0.4, 0.5) is 10.5 Å². The summed E-state index contributed by atoms with van der Waals surface area (Å²) < 4.78 is 3.81. The topological polar surface area (TPSA) is 76.2 Å². The molecule has 0 aliphatic heterocycles. The van der Waals surface area contributed by atoms with Gasteiger partial charge in [-0.1, -0.05) is 18.2 Å². The van der Waals surface area contributed by atoms with Crippen LogP contribution in [0, 0.1) is 0 Å². The van der Waals surface area contributed by atoms with E-state index in [9.17, 15) is 4.79 Å². The lowest BCUT2D eigenvalue weighted by atomic mass is 10.2. The van der Waals surface area contributed by atoms with E-state index in [4.69, 9.17) is 0 Å². The van der Waals surface area contributed by atoms with Crippen molar-refractivity contribution >= 4 is 17.4 Å². The SMILES string of the molecule is O=C(NCCc1cn2ccccc2n1)Nc1cccc(Cn2cccn2)c1. The Bertz CT molecular complexity index is 1000. The number of carbonyl (C=O) groups is 1. The van der Waals surface area contributed by atoms with Crippen molar-refractivity contribution < 1.29 is 4.79 Å². The number of carbonyl (C=O) groups excluding carboxylic acids is 1. The maximum Gasteiger partial charge on any atom is 0.319 e. The van der Waals surface area contributed by atoms with Gasteiger partial charge in [0.1, 0.15) is 5.65 Å². The summed E-state index contributed by atoms with van der Waals surface area (Å²) in [5.41, 5.74) is 3.68. The van der Waals surface area contributed by atoms with Gasteiger partial charge in [-0.3, -0.25) is 4.68 Å². The molecule has 0 spiro atoms. The van der Waals surface area contributed by atoms with Crippen LogP contribution in [-0.2, 0) is 13.0 Å². The number of amides is 2. The summed E-state index contributed by atoms with van der Waals surface area (Å²) in [6.45, 7) is 1.18. The van der Waals surface area contributed by atoms with E-state index in [0.29, 0.717) is 19.5 Å². The van der Waals surface area contributed by atoms with Gasteiger partial charge < -0.3 is 15.0 Å². The van der Waals surface area contributed by atoms with Gasteiger partial charge in [-0.25, -0.2) is 9.78 Å². The highest BCUT2D eigenvalue weighted by Gasteiger charge is 2.05. The third kappa shape index (κ3) is 4.33. The van der Waals surface area contributed by atoms with E-state index in [1.54, 1.807) is 6.20 Å². The molecule has 0 saturated heterocycles. The molecular weight excluding hydrogens is 340 g/mol. The van der Waals surface area contributed by atoms with Crippen molar-refractivity contribution in [2.24, 2.45) is 0 Å². The van der Waals surface area contributed by atoms with Crippen LogP contribution in [0.2, 0.25) is 0 Å². The number of aromatic nitrogens is 4. The summed E-state index contributed by atoms with van der Waals surface area (Å²) >= 11 is 0. The number of anilines is 1. The Morgan fingerprint density at radius 3 is 2.89 bits per heavy atom. The van der Waals surface area contributed by atoms with E-state index in [2.05, 4.69) is 20.7 Å². The molecule has 0 fully saturated rings. The molecule has 1 aromatic carbocycles. The van der Waals surface area contributed by atoms with Crippen LogP contribution in [0.3, 0.4) is 0 Å². The van der Waals surface area contributed by atoms with Crippen molar-refractivity contribution in [1.82, 2.24) is 24.5 Å². The van der Waals surface area contributed by atoms with Gasteiger partial charge in [-0.05, 0) is 35.9 Å². The molecule has 4 aromatic rings. The lowest BCUT2D eigenvalue weighted by molar-refractivity contribution is 0.252. The van der Waals surface area contributed by atoms with Crippen LogP contribution in [-0.4, -0.2) is 31.7 Å². The van der Waals surface area contributed by atoms with E-state index in [-0.39, 0.29) is 6.03 Å². The average Bonchev–Trinajstić information content (AvgIpc) is 3.31. The third-order valence-electron chi connectivity index (χ3n) is 4.17. The Kier molecular flexibility index (Phi) is 4.82. The number of fused-ring (bicyclic) bond motifs is 1. The highest BCUT2D eigenvalue weighted by atomic mass is 16.2. The number of imidazole rings is 1. The van der Waals surface area contributed by atoms with Gasteiger partial charge >= 0.3 is 6.03 Å². The van der Waals surface area contributed by atoms with Crippen LogP contribution in [0.25, 0.3) is 5.65 Å². The van der Waals surface area contributed by atoms with E-state index in [1.807, 2.05) is 76.2 Å². The van der Waals surface area contributed by atoms with Gasteiger partial charge in [-0.15, -0.1) is 0 Å². The van der Waals surface area contributed by atoms with Crippen LogP contribution in [0.15, 0.2) is 73.3 Å². The second-order valence-electron chi connectivity index (χ2n) is 6.23. The number of rotatable bonds is 6. The second kappa shape index (κ2) is 7.74. The standard InChI is InChI=1S/C20H20N6O/c27-20(21-10-8-18-15-25-11-2-1-7-19(25)23-18)24-17-6-3-5-16(13-17)14-26-12-4-9-22-26/h1-7,9,11-13,15H,8,10,14H2,(H2,21,24,27). The molecule has 136 valence electrons. The molecule has 0 unspecified atom stereocenters. The minimum absolute atomic E-state index is 0.227. The van der Waals surface area contributed by atoms with E-state index < -0.39 is 0 Å². The fourth-order valence-corrected chi connectivity index (χ4v) is 2.92. The number of benzene rings is 1. The van der Waals surface area contributed by atoms with Gasteiger partial charge in [0.25, 0.3) is 0 Å². The van der Waals surface area contributed by atoms with Crippen LogP contribution < -0.4 is 10.6 Å². The molecular formula is C20H20N6O. The van der Waals surface area contributed by atoms with Gasteiger partial charge in [0.2, 0.25) is 0 Å². The summed E-state index contributed by atoms with van der Waals surface area (Å²) in [5, 5.41) is 9.94. The monoisotopic (exact) mass is 360 g/mol. The predicted molar refractivity (Wildman–Crippen MR) is 104 cm³/mol. The largest absolute Gasteiger partial charge is 0.337 e. The Balaban J connectivity index is 1.29. The van der Waals surface area contributed by atoms with Gasteiger partial charge in [-0.2, -0.15) is 5.10 Å². The normalized spacial score (nSPS) is 10.8. The summed E-state index contributed by atoms with van der Waals surface area (Å²) in [7, 11) is 0. The first-order valence-electron chi connectivity index (χ1n) is 8.80. The number of hydrogen-bond acceptors (Lipinski definition) is 3. The quantitative estimate of drug-likeness (QED) is 0.555. The first-order valence-corrected chi connectivity index (χ1v) is 8.80. The molecule has 0 aliphatic rings. The Hall–Kier alpha value is -3.61. The number of hydrogen-bond donors (Lipinski definition) is 2. The molecule has 3 heterocycles. The molecule has 2 amide bonds. The van der Waals surface area contributed by atoms with Gasteiger partial charge in [0, 0.05) is 43.4 Å². The number of urea groups is 1. The van der Waals surface area contributed by atoms with Crippen molar-refractivity contribution in [2.45, 2.75) is 13.0 Å². The van der Waals surface area contributed by atoms with Crippen molar-refractivity contribution in [3.05, 3.63) is 84.6 Å². The van der Waals surface area contributed by atoms with E-state index in [1.165, 1.54) is 0 Å². The summed E-state index contributed by atoms with van der Waals surface area (Å²) in [6.07, 6.45) is 8.27. The number of nitrogens with zero attached hydrogens (tertiary/aromatic N) is 4. The first-order chi connectivity index (χ1) is 13.3. The highest BCUT2D eigenvalue weighted by Crippen LogP contribution is 2.11. The molecule has 0 radical (unpaired) electrons. The van der Waals surface area contributed by atoms with Crippen LogP contribution in [0.5, 0.6) is 0 Å². The fourth-order valence-electron chi connectivity index (χ4n) is 2.92. The maximum absolute atomic E-state index is 12.1. The van der Waals surface area contributed by atoms with Crippen LogP contribution >= 0.6 is 0 Å². The predicted octanol–water partition coefficient (Wildman–Crippen LogP) is 2.94. The molecule has 27 heavy (non-hydrogen) atoms. The maximum atomic E-state index is 12.1. The molecule has 7 heteroatoms. The van der Waals surface area contributed by atoms with Crippen molar-refractivity contribution in [3.8, 4) is 0 Å². The highest BCUT2D eigenvalue weighted by molar-refractivity contribution is 5.89. The zero-order valence-corrected chi connectivity index (χ0v) is 14.7. The summed E-state index contributed by atoms with van der Waals surface area (Å²) in [4.78, 5) is 16.7. The smallest absolute Gasteiger partial charge is 0.319 e. The molecule has 0 aliphatic carbocycles. The van der Waals surface area contributed by atoms with Crippen molar-refractivity contribution in [3.63, 3.8) is 0 Å². The molecule has 7 nitrogen and oxygen atoms in total. The lowest BCUT2D eigenvalue weighted by Gasteiger charge is -2.09. The van der Waals surface area contributed by atoms with Crippen LogP contribution in [0.1, 0.15) is 11.3 Å². The van der Waals surface area contributed by atoms with Gasteiger partial charge in [0.05, 0.1) is 12.2 Å². The third-order valence-corrected chi connectivity index (χ3v) is 4.17. The second-order valence-corrected chi connectivity index (χ2v) is 6.23. The summed E-state index contributed by atoms with van der Waals surface area (Å²) in [5.74, 6) is 0. The van der Waals surface area contributed by atoms with Gasteiger partial charge in [0.15, 0.2) is 0 Å². The average molecular weight is 360 g/mol. The molecule has 0 bridgehead atoms.